The zero-order valence-corrected chi connectivity index (χ0v) is 12.0. The van der Waals surface area contributed by atoms with E-state index in [-0.39, 0.29) is 0 Å². The summed E-state index contributed by atoms with van der Waals surface area (Å²) in [6.07, 6.45) is 6.11. The van der Waals surface area contributed by atoms with Crippen molar-refractivity contribution >= 4 is 5.97 Å². The molecular formula is C17H24O2. The van der Waals surface area contributed by atoms with E-state index in [1.54, 1.807) is 0 Å². The van der Waals surface area contributed by atoms with E-state index in [4.69, 9.17) is 5.11 Å². The van der Waals surface area contributed by atoms with Crippen molar-refractivity contribution in [3.05, 3.63) is 34.9 Å². The summed E-state index contributed by atoms with van der Waals surface area (Å²) < 4.78 is 0. The van der Waals surface area contributed by atoms with E-state index >= 15 is 0 Å². The molecule has 0 amide bonds. The summed E-state index contributed by atoms with van der Waals surface area (Å²) in [5.41, 5.74) is 4.04. The van der Waals surface area contributed by atoms with E-state index in [9.17, 15) is 4.79 Å². The van der Waals surface area contributed by atoms with Crippen molar-refractivity contribution in [1.29, 1.82) is 0 Å². The fourth-order valence-corrected chi connectivity index (χ4v) is 3.35. The van der Waals surface area contributed by atoms with Crippen LogP contribution >= 0.6 is 0 Å². The molecule has 1 aliphatic carbocycles. The minimum Gasteiger partial charge on any atom is -0.481 e. The molecule has 19 heavy (non-hydrogen) atoms. The molecule has 1 aromatic carbocycles. The van der Waals surface area contributed by atoms with Crippen molar-refractivity contribution in [3.8, 4) is 0 Å². The Labute approximate surface area is 115 Å². The van der Waals surface area contributed by atoms with Crippen LogP contribution in [0.25, 0.3) is 0 Å². The van der Waals surface area contributed by atoms with Crippen LogP contribution in [0.4, 0.5) is 0 Å². The van der Waals surface area contributed by atoms with Crippen molar-refractivity contribution < 1.29 is 9.90 Å². The fraction of sp³-hybridized carbons (Fsp3) is 0.588. The molecule has 1 aliphatic rings. The molecule has 2 unspecified atom stereocenters. The van der Waals surface area contributed by atoms with E-state index in [0.717, 1.165) is 12.8 Å². The second-order valence-electron chi connectivity index (χ2n) is 6.04. The van der Waals surface area contributed by atoms with E-state index in [0.29, 0.717) is 18.3 Å². The molecule has 1 aromatic rings. The molecule has 2 atom stereocenters. The van der Waals surface area contributed by atoms with Gasteiger partial charge in [-0.05, 0) is 56.1 Å². The first-order valence-corrected chi connectivity index (χ1v) is 7.34. The minimum absolute atomic E-state index is 0.343. The summed E-state index contributed by atoms with van der Waals surface area (Å²) in [4.78, 5) is 11.0. The smallest absolute Gasteiger partial charge is 0.303 e. The average molecular weight is 260 g/mol. The van der Waals surface area contributed by atoms with Crippen LogP contribution in [0.2, 0.25) is 0 Å². The minimum atomic E-state index is -0.641. The third-order valence-corrected chi connectivity index (χ3v) is 4.49. The molecule has 0 bridgehead atoms. The summed E-state index contributed by atoms with van der Waals surface area (Å²) in [7, 11) is 0. The van der Waals surface area contributed by atoms with Gasteiger partial charge in [-0.15, -0.1) is 0 Å². The summed E-state index contributed by atoms with van der Waals surface area (Å²) in [6, 6.07) is 6.59. The highest BCUT2D eigenvalue weighted by atomic mass is 16.4. The van der Waals surface area contributed by atoms with Gasteiger partial charge >= 0.3 is 5.97 Å². The Morgan fingerprint density at radius 2 is 1.89 bits per heavy atom. The molecule has 2 rings (SSSR count). The van der Waals surface area contributed by atoms with Gasteiger partial charge in [0.25, 0.3) is 0 Å². The van der Waals surface area contributed by atoms with Gasteiger partial charge in [-0.2, -0.15) is 0 Å². The van der Waals surface area contributed by atoms with E-state index in [1.807, 2.05) is 0 Å². The van der Waals surface area contributed by atoms with Crippen molar-refractivity contribution in [3.63, 3.8) is 0 Å². The highest BCUT2D eigenvalue weighted by molar-refractivity contribution is 5.67. The summed E-state index contributed by atoms with van der Waals surface area (Å²) in [6.45, 7) is 4.28. The molecule has 104 valence electrons. The quantitative estimate of drug-likeness (QED) is 0.884. The van der Waals surface area contributed by atoms with Crippen LogP contribution in [-0.4, -0.2) is 11.1 Å². The van der Waals surface area contributed by atoms with Crippen LogP contribution in [0.3, 0.4) is 0 Å². The lowest BCUT2D eigenvalue weighted by atomic mass is 9.74. The number of carboxylic acids is 1. The molecule has 0 saturated heterocycles. The Kier molecular flexibility index (Phi) is 4.62. The number of aryl methyl sites for hydroxylation is 2. The van der Waals surface area contributed by atoms with Gasteiger partial charge < -0.3 is 5.11 Å². The van der Waals surface area contributed by atoms with Crippen molar-refractivity contribution in [2.75, 3.05) is 0 Å². The second kappa shape index (κ2) is 6.23. The van der Waals surface area contributed by atoms with E-state index in [1.165, 1.54) is 36.0 Å². The zero-order valence-electron chi connectivity index (χ0n) is 12.0. The highest BCUT2D eigenvalue weighted by Gasteiger charge is 2.27. The van der Waals surface area contributed by atoms with Crippen LogP contribution in [0.5, 0.6) is 0 Å². The molecule has 2 heteroatoms. The number of hydrogen-bond donors (Lipinski definition) is 1. The summed E-state index contributed by atoms with van der Waals surface area (Å²) in [5.74, 6) is 0.273. The number of benzene rings is 1. The number of carboxylic acid groups (broad SMARTS) is 1. The maximum atomic E-state index is 11.0. The second-order valence-corrected chi connectivity index (χ2v) is 6.04. The van der Waals surface area contributed by atoms with Crippen LogP contribution in [0.15, 0.2) is 18.2 Å². The molecule has 0 heterocycles. The SMILES string of the molecule is Cc1ccc(C)c(CC2CCCCC2CC(=O)O)c1. The maximum absolute atomic E-state index is 11.0. The predicted molar refractivity (Wildman–Crippen MR) is 77.3 cm³/mol. The van der Waals surface area contributed by atoms with Gasteiger partial charge in [-0.25, -0.2) is 0 Å². The first kappa shape index (κ1) is 14.1. The number of rotatable bonds is 4. The fourth-order valence-electron chi connectivity index (χ4n) is 3.35. The van der Waals surface area contributed by atoms with E-state index in [2.05, 4.69) is 32.0 Å². The summed E-state index contributed by atoms with van der Waals surface area (Å²) >= 11 is 0. The molecule has 0 radical (unpaired) electrons. The van der Waals surface area contributed by atoms with Gasteiger partial charge in [0, 0.05) is 6.42 Å². The van der Waals surface area contributed by atoms with Gasteiger partial charge in [0.1, 0.15) is 0 Å². The molecule has 0 aliphatic heterocycles. The molecule has 1 saturated carbocycles. The molecular weight excluding hydrogens is 236 g/mol. The zero-order chi connectivity index (χ0) is 13.8. The lowest BCUT2D eigenvalue weighted by Gasteiger charge is -2.31. The largest absolute Gasteiger partial charge is 0.481 e. The molecule has 0 aromatic heterocycles. The van der Waals surface area contributed by atoms with Crippen LogP contribution in [0, 0.1) is 25.7 Å². The Bertz CT molecular complexity index is 451. The maximum Gasteiger partial charge on any atom is 0.303 e. The normalized spacial score (nSPS) is 23.3. The average Bonchev–Trinajstić information content (AvgIpc) is 2.35. The number of hydrogen-bond acceptors (Lipinski definition) is 1. The first-order chi connectivity index (χ1) is 9.06. The highest BCUT2D eigenvalue weighted by Crippen LogP contribution is 2.35. The standard InChI is InChI=1S/C17H24O2/c1-12-7-8-13(2)16(9-12)10-14-5-3-4-6-15(14)11-17(18)19/h7-9,14-15H,3-6,10-11H2,1-2H3,(H,18,19). The number of carbonyl (C=O) groups is 1. The van der Waals surface area contributed by atoms with E-state index < -0.39 is 5.97 Å². The molecule has 2 nitrogen and oxygen atoms in total. The topological polar surface area (TPSA) is 37.3 Å². The molecule has 1 fully saturated rings. The number of aliphatic carboxylic acids is 1. The monoisotopic (exact) mass is 260 g/mol. The van der Waals surface area contributed by atoms with Crippen molar-refractivity contribution in [2.24, 2.45) is 11.8 Å². The Morgan fingerprint density at radius 3 is 2.58 bits per heavy atom. The third-order valence-electron chi connectivity index (χ3n) is 4.49. The Balaban J connectivity index is 2.10. The lowest BCUT2D eigenvalue weighted by molar-refractivity contribution is -0.138. The Morgan fingerprint density at radius 1 is 1.21 bits per heavy atom. The van der Waals surface area contributed by atoms with Crippen LogP contribution < -0.4 is 0 Å². The van der Waals surface area contributed by atoms with Gasteiger partial charge in [0.15, 0.2) is 0 Å². The lowest BCUT2D eigenvalue weighted by Crippen LogP contribution is -2.24. The van der Waals surface area contributed by atoms with Crippen molar-refractivity contribution in [2.45, 2.75) is 52.4 Å². The first-order valence-electron chi connectivity index (χ1n) is 7.34. The van der Waals surface area contributed by atoms with Crippen molar-refractivity contribution in [1.82, 2.24) is 0 Å². The predicted octanol–water partition coefficient (Wildman–Crippen LogP) is 4.13. The summed E-state index contributed by atoms with van der Waals surface area (Å²) in [5, 5.41) is 9.05. The van der Waals surface area contributed by atoms with Crippen LogP contribution in [0.1, 0.15) is 48.8 Å². The van der Waals surface area contributed by atoms with Gasteiger partial charge in [-0.1, -0.05) is 36.6 Å². The molecule has 0 spiro atoms. The molecule has 1 N–H and O–H groups in total. The van der Waals surface area contributed by atoms with Gasteiger partial charge in [0.2, 0.25) is 0 Å². The Hall–Kier alpha value is -1.31. The van der Waals surface area contributed by atoms with Crippen LogP contribution in [-0.2, 0) is 11.2 Å². The van der Waals surface area contributed by atoms with Gasteiger partial charge in [-0.3, -0.25) is 4.79 Å². The van der Waals surface area contributed by atoms with Gasteiger partial charge in [0.05, 0.1) is 0 Å². The third kappa shape index (κ3) is 3.82.